The molecule has 0 radical (unpaired) electrons. The van der Waals surface area contributed by atoms with E-state index in [1.807, 2.05) is 27.7 Å². The van der Waals surface area contributed by atoms with E-state index >= 15 is 0 Å². The third-order valence-corrected chi connectivity index (χ3v) is 3.91. The molecule has 1 heterocycles. The lowest BCUT2D eigenvalue weighted by atomic mass is 9.50. The topological polar surface area (TPSA) is 55.8 Å². The number of ether oxygens (including phenoxy) is 2. The third-order valence-electron chi connectivity index (χ3n) is 3.91. The molecule has 1 aliphatic heterocycles. The first-order chi connectivity index (χ1) is 8.59. The van der Waals surface area contributed by atoms with Crippen LogP contribution in [0.4, 0.5) is 4.79 Å². The Labute approximate surface area is 114 Å². The molecule has 2 fully saturated rings. The molecule has 0 aromatic heterocycles. The molecule has 0 N–H and O–H groups in total. The van der Waals surface area contributed by atoms with Crippen LogP contribution in [0.15, 0.2) is 0 Å². The Morgan fingerprint density at radius 1 is 1.16 bits per heavy atom. The van der Waals surface area contributed by atoms with Crippen LogP contribution in [-0.4, -0.2) is 42.8 Å². The highest BCUT2D eigenvalue weighted by Crippen LogP contribution is 2.59. The average Bonchev–Trinajstić information content (AvgIpc) is 2.17. The average molecular weight is 269 g/mol. The highest BCUT2D eigenvalue weighted by atomic mass is 16.6. The molecule has 2 aliphatic rings. The second kappa shape index (κ2) is 4.12. The van der Waals surface area contributed by atoms with E-state index in [4.69, 9.17) is 9.47 Å². The number of rotatable bonds is 1. The van der Waals surface area contributed by atoms with Gasteiger partial charge in [-0.2, -0.15) is 0 Å². The fourth-order valence-corrected chi connectivity index (χ4v) is 3.44. The summed E-state index contributed by atoms with van der Waals surface area (Å²) in [5.41, 5.74) is -0.714. The van der Waals surface area contributed by atoms with Crippen molar-refractivity contribution >= 4 is 12.1 Å². The molecule has 1 saturated carbocycles. The van der Waals surface area contributed by atoms with Crippen molar-refractivity contribution in [1.82, 2.24) is 4.90 Å². The van der Waals surface area contributed by atoms with Crippen molar-refractivity contribution in [2.75, 3.05) is 20.2 Å². The van der Waals surface area contributed by atoms with Gasteiger partial charge in [0.05, 0.1) is 12.5 Å². The zero-order chi connectivity index (χ0) is 14.5. The van der Waals surface area contributed by atoms with E-state index in [2.05, 4.69) is 0 Å². The molecule has 2 rings (SSSR count). The minimum absolute atomic E-state index is 0.111. The van der Waals surface area contributed by atoms with Crippen LogP contribution in [-0.2, 0) is 14.3 Å². The molecule has 1 amide bonds. The van der Waals surface area contributed by atoms with Gasteiger partial charge in [-0.3, -0.25) is 4.79 Å². The van der Waals surface area contributed by atoms with Crippen molar-refractivity contribution in [1.29, 1.82) is 0 Å². The van der Waals surface area contributed by atoms with E-state index in [9.17, 15) is 9.59 Å². The maximum Gasteiger partial charge on any atom is 0.410 e. The third kappa shape index (κ3) is 2.55. The van der Waals surface area contributed by atoms with Crippen LogP contribution in [0.25, 0.3) is 0 Å². The van der Waals surface area contributed by atoms with Crippen molar-refractivity contribution in [3.63, 3.8) is 0 Å². The van der Waals surface area contributed by atoms with Crippen LogP contribution >= 0.6 is 0 Å². The molecule has 0 bridgehead atoms. The Hall–Kier alpha value is -1.26. The van der Waals surface area contributed by atoms with Gasteiger partial charge in [0.1, 0.15) is 5.60 Å². The van der Waals surface area contributed by atoms with Gasteiger partial charge >= 0.3 is 12.1 Å². The molecule has 1 aliphatic carbocycles. The molecule has 19 heavy (non-hydrogen) atoms. The van der Waals surface area contributed by atoms with Gasteiger partial charge in [0.2, 0.25) is 0 Å². The fraction of sp³-hybridized carbons (Fsp3) is 0.857. The second-order valence-electron chi connectivity index (χ2n) is 7.24. The zero-order valence-corrected chi connectivity index (χ0v) is 12.4. The molecule has 5 nitrogen and oxygen atoms in total. The van der Waals surface area contributed by atoms with Crippen LogP contribution in [0, 0.1) is 10.8 Å². The first-order valence-electron chi connectivity index (χ1n) is 6.66. The van der Waals surface area contributed by atoms with E-state index in [0.29, 0.717) is 13.1 Å². The van der Waals surface area contributed by atoms with Crippen molar-refractivity contribution in [3.05, 3.63) is 0 Å². The van der Waals surface area contributed by atoms with Crippen LogP contribution in [0.2, 0.25) is 0 Å². The monoisotopic (exact) mass is 269 g/mol. The van der Waals surface area contributed by atoms with Crippen LogP contribution in [0.1, 0.15) is 40.5 Å². The molecule has 5 heteroatoms. The van der Waals surface area contributed by atoms with E-state index in [1.54, 1.807) is 4.90 Å². The maximum atomic E-state index is 11.8. The van der Waals surface area contributed by atoms with Crippen molar-refractivity contribution in [2.45, 2.75) is 46.1 Å². The summed E-state index contributed by atoms with van der Waals surface area (Å²) < 4.78 is 10.1. The van der Waals surface area contributed by atoms with E-state index in [-0.39, 0.29) is 22.9 Å². The van der Waals surface area contributed by atoms with Crippen LogP contribution < -0.4 is 0 Å². The highest BCUT2D eigenvalue weighted by Gasteiger charge is 2.62. The molecule has 108 valence electrons. The van der Waals surface area contributed by atoms with Gasteiger partial charge in [0.25, 0.3) is 0 Å². The Balaban J connectivity index is 1.82. The van der Waals surface area contributed by atoms with Gasteiger partial charge in [-0.05, 0) is 40.5 Å². The molecule has 0 aromatic rings. The van der Waals surface area contributed by atoms with Gasteiger partial charge in [-0.25, -0.2) is 4.79 Å². The molecule has 0 unspecified atom stereocenters. The number of esters is 1. The summed E-state index contributed by atoms with van der Waals surface area (Å²) in [5, 5.41) is 0. The van der Waals surface area contributed by atoms with Crippen LogP contribution in [0.3, 0.4) is 0 Å². The molecule has 0 aromatic carbocycles. The highest BCUT2D eigenvalue weighted by molar-refractivity contribution is 5.78. The number of nitrogens with zero attached hydrogens (tertiary/aromatic N) is 1. The Kier molecular flexibility index (Phi) is 3.07. The first-order valence-corrected chi connectivity index (χ1v) is 6.66. The Morgan fingerprint density at radius 3 is 2.11 bits per heavy atom. The minimum Gasteiger partial charge on any atom is -0.469 e. The summed E-state index contributed by atoms with van der Waals surface area (Å²) >= 11 is 0. The lowest BCUT2D eigenvalue weighted by Gasteiger charge is -2.61. The van der Waals surface area contributed by atoms with Crippen molar-refractivity contribution in [3.8, 4) is 0 Å². The SMILES string of the molecule is COC(=O)C1(C)CC2(CN(C(=O)OC(C)(C)C)C2)C1. The van der Waals surface area contributed by atoms with Gasteiger partial charge in [-0.1, -0.05) is 0 Å². The van der Waals surface area contributed by atoms with Gasteiger partial charge in [0, 0.05) is 18.5 Å². The second-order valence-corrected chi connectivity index (χ2v) is 7.24. The molecular weight excluding hydrogens is 246 g/mol. The number of carbonyl (C=O) groups excluding carboxylic acids is 2. The number of likely N-dealkylation sites (tertiary alicyclic amines) is 1. The molecular formula is C14H23NO4. The summed E-state index contributed by atoms with van der Waals surface area (Å²) in [4.78, 5) is 25.2. The molecule has 0 atom stereocenters. The number of hydrogen-bond donors (Lipinski definition) is 0. The summed E-state index contributed by atoms with van der Waals surface area (Å²) in [5.74, 6) is -0.145. The fourth-order valence-electron chi connectivity index (χ4n) is 3.44. The first kappa shape index (κ1) is 14.2. The predicted octanol–water partition coefficient (Wildman–Crippen LogP) is 2.20. The van der Waals surface area contributed by atoms with Crippen molar-refractivity contribution in [2.24, 2.45) is 10.8 Å². The number of carbonyl (C=O) groups is 2. The van der Waals surface area contributed by atoms with Crippen LogP contribution in [0.5, 0.6) is 0 Å². The van der Waals surface area contributed by atoms with E-state index in [0.717, 1.165) is 12.8 Å². The number of amides is 1. The Bertz CT molecular complexity index is 396. The summed E-state index contributed by atoms with van der Waals surface area (Å²) in [6, 6.07) is 0. The maximum absolute atomic E-state index is 11.8. The quantitative estimate of drug-likeness (QED) is 0.685. The Morgan fingerprint density at radius 2 is 1.68 bits per heavy atom. The zero-order valence-electron chi connectivity index (χ0n) is 12.4. The predicted molar refractivity (Wildman–Crippen MR) is 69.6 cm³/mol. The van der Waals surface area contributed by atoms with E-state index in [1.165, 1.54) is 7.11 Å². The van der Waals surface area contributed by atoms with E-state index < -0.39 is 5.60 Å². The molecule has 1 spiro atoms. The molecule has 1 saturated heterocycles. The van der Waals surface area contributed by atoms with Crippen molar-refractivity contribution < 1.29 is 19.1 Å². The number of methoxy groups -OCH3 is 1. The standard InChI is InChI=1S/C14H23NO4/c1-12(2,3)19-11(17)15-8-14(9-15)6-13(4,7-14)10(16)18-5/h6-9H2,1-5H3. The largest absolute Gasteiger partial charge is 0.469 e. The number of hydrogen-bond acceptors (Lipinski definition) is 4. The minimum atomic E-state index is -0.458. The van der Waals surface area contributed by atoms with Gasteiger partial charge < -0.3 is 14.4 Å². The smallest absolute Gasteiger partial charge is 0.410 e. The van der Waals surface area contributed by atoms with Gasteiger partial charge in [-0.15, -0.1) is 0 Å². The summed E-state index contributed by atoms with van der Waals surface area (Å²) in [6.45, 7) is 8.89. The summed E-state index contributed by atoms with van der Waals surface area (Å²) in [7, 11) is 1.42. The van der Waals surface area contributed by atoms with Gasteiger partial charge in [0.15, 0.2) is 0 Å². The lowest BCUT2D eigenvalue weighted by Crippen LogP contribution is -2.68. The normalized spacial score (nSPS) is 23.3. The summed E-state index contributed by atoms with van der Waals surface area (Å²) in [6.07, 6.45) is 1.34. The lowest BCUT2D eigenvalue weighted by molar-refractivity contribution is -0.181.